The van der Waals surface area contributed by atoms with Crippen molar-refractivity contribution in [2.45, 2.75) is 45.2 Å². The van der Waals surface area contributed by atoms with Crippen molar-refractivity contribution in [1.82, 2.24) is 24.4 Å². The molecule has 1 aliphatic rings. The van der Waals surface area contributed by atoms with Gasteiger partial charge in [0.25, 0.3) is 0 Å². The van der Waals surface area contributed by atoms with Crippen LogP contribution in [0.3, 0.4) is 0 Å². The zero-order valence-corrected chi connectivity index (χ0v) is 12.6. The highest BCUT2D eigenvalue weighted by atomic mass is 16.3. The van der Waals surface area contributed by atoms with Crippen molar-refractivity contribution in [1.29, 1.82) is 0 Å². The summed E-state index contributed by atoms with van der Waals surface area (Å²) >= 11 is 0. The van der Waals surface area contributed by atoms with Gasteiger partial charge in [0, 0.05) is 24.7 Å². The highest BCUT2D eigenvalue weighted by Gasteiger charge is 2.29. The number of hydrogen-bond donors (Lipinski definition) is 2. The lowest BCUT2D eigenvalue weighted by atomic mass is 9.98. The number of aromatic nitrogens is 4. The molecule has 2 aromatic rings. The van der Waals surface area contributed by atoms with Crippen LogP contribution in [-0.4, -0.2) is 48.2 Å². The van der Waals surface area contributed by atoms with E-state index in [4.69, 9.17) is 0 Å². The van der Waals surface area contributed by atoms with Crippen molar-refractivity contribution in [3.63, 3.8) is 0 Å². The molecule has 2 N–H and O–H groups in total. The second-order valence-electron chi connectivity index (χ2n) is 6.59. The Morgan fingerprint density at radius 2 is 1.95 bits per heavy atom. The Kier molecular flexibility index (Phi) is 3.24. The molecule has 0 spiro atoms. The number of rotatable bonds is 1. The van der Waals surface area contributed by atoms with Crippen LogP contribution in [0.25, 0.3) is 11.2 Å². The van der Waals surface area contributed by atoms with Gasteiger partial charge in [0.15, 0.2) is 5.65 Å². The van der Waals surface area contributed by atoms with E-state index in [0.29, 0.717) is 11.2 Å². The summed E-state index contributed by atoms with van der Waals surface area (Å²) in [5.41, 5.74) is 0.730. The van der Waals surface area contributed by atoms with E-state index in [1.807, 2.05) is 0 Å². The fourth-order valence-corrected chi connectivity index (χ4v) is 3.06. The van der Waals surface area contributed by atoms with Crippen molar-refractivity contribution in [3.8, 4) is 5.88 Å². The van der Waals surface area contributed by atoms with Gasteiger partial charge in [-0.15, -0.1) is 0 Å². The lowest BCUT2D eigenvalue weighted by molar-refractivity contribution is 0.0899. The largest absolute Gasteiger partial charge is 0.492 e. The lowest BCUT2D eigenvalue weighted by Crippen LogP contribution is -2.47. The predicted octanol–water partition coefficient (Wildman–Crippen LogP) is 1.26. The first kappa shape index (κ1) is 14.1. The highest BCUT2D eigenvalue weighted by Crippen LogP contribution is 2.28. The Balaban J connectivity index is 1.91. The highest BCUT2D eigenvalue weighted by molar-refractivity contribution is 5.75. The topological polar surface area (TPSA) is 87.0 Å². The molecule has 1 saturated heterocycles. The molecule has 0 aromatic carbocycles. The van der Waals surface area contributed by atoms with Crippen molar-refractivity contribution in [2.24, 2.45) is 0 Å². The fraction of sp³-hybridized carbons (Fsp3) is 0.643. The lowest BCUT2D eigenvalue weighted by Gasteiger charge is -2.40. The molecule has 0 bridgehead atoms. The SMILES string of the molecule is CC(C)(C)N1CCC(n2c(=O)[nH]c3c(O)ncnc32)CC1. The summed E-state index contributed by atoms with van der Waals surface area (Å²) in [5, 5.41) is 9.71. The van der Waals surface area contributed by atoms with Gasteiger partial charge >= 0.3 is 5.69 Å². The molecule has 2 aromatic heterocycles. The minimum Gasteiger partial charge on any atom is -0.492 e. The van der Waals surface area contributed by atoms with Crippen LogP contribution in [0.5, 0.6) is 5.88 Å². The Bertz CT molecular complexity index is 704. The normalized spacial score (nSPS) is 18.4. The van der Waals surface area contributed by atoms with Crippen molar-refractivity contribution >= 4 is 11.2 Å². The van der Waals surface area contributed by atoms with E-state index < -0.39 is 0 Å². The van der Waals surface area contributed by atoms with Gasteiger partial charge in [-0.3, -0.25) is 14.5 Å². The molecule has 7 heteroatoms. The Morgan fingerprint density at radius 3 is 2.57 bits per heavy atom. The van der Waals surface area contributed by atoms with Crippen LogP contribution < -0.4 is 5.69 Å². The van der Waals surface area contributed by atoms with Gasteiger partial charge < -0.3 is 5.11 Å². The first-order valence-electron chi connectivity index (χ1n) is 7.27. The number of aromatic amines is 1. The van der Waals surface area contributed by atoms with Crippen molar-refractivity contribution < 1.29 is 5.11 Å². The van der Waals surface area contributed by atoms with Crippen LogP contribution in [0, 0.1) is 0 Å². The summed E-state index contributed by atoms with van der Waals surface area (Å²) in [6, 6.07) is 0.110. The van der Waals surface area contributed by atoms with E-state index in [0.717, 1.165) is 25.9 Å². The molecule has 3 heterocycles. The zero-order valence-electron chi connectivity index (χ0n) is 12.6. The van der Waals surface area contributed by atoms with Crippen LogP contribution in [0.2, 0.25) is 0 Å². The molecule has 0 unspecified atom stereocenters. The number of aromatic hydroxyl groups is 1. The number of nitrogens with zero attached hydrogens (tertiary/aromatic N) is 4. The van der Waals surface area contributed by atoms with Gasteiger partial charge in [-0.25, -0.2) is 9.78 Å². The standard InChI is InChI=1S/C14H21N5O2/c1-14(2,3)18-6-4-9(5-7-18)19-11-10(17-13(19)21)12(20)16-8-15-11/h8-9H,4-7H2,1-3H3,(H,17,21)(H,15,16,20). The minimum absolute atomic E-state index is 0.110. The summed E-state index contributed by atoms with van der Waals surface area (Å²) in [5.74, 6) is -0.178. The Morgan fingerprint density at radius 1 is 1.29 bits per heavy atom. The van der Waals surface area contributed by atoms with E-state index in [9.17, 15) is 9.90 Å². The molecule has 1 fully saturated rings. The molecular weight excluding hydrogens is 270 g/mol. The third kappa shape index (κ3) is 2.42. The van der Waals surface area contributed by atoms with E-state index >= 15 is 0 Å². The van der Waals surface area contributed by atoms with Gasteiger partial charge in [-0.1, -0.05) is 0 Å². The number of H-pyrrole nitrogens is 1. The summed E-state index contributed by atoms with van der Waals surface area (Å²) in [4.78, 5) is 25.1. The smallest absolute Gasteiger partial charge is 0.328 e. The van der Waals surface area contributed by atoms with Gasteiger partial charge in [-0.2, -0.15) is 4.98 Å². The number of likely N-dealkylation sites (tertiary alicyclic amines) is 1. The average Bonchev–Trinajstić information content (AvgIpc) is 2.76. The minimum atomic E-state index is -0.227. The van der Waals surface area contributed by atoms with Gasteiger partial charge in [0.1, 0.15) is 11.8 Å². The molecule has 21 heavy (non-hydrogen) atoms. The van der Waals surface area contributed by atoms with Gasteiger partial charge in [-0.05, 0) is 33.6 Å². The molecule has 0 saturated carbocycles. The molecule has 3 rings (SSSR count). The molecular formula is C14H21N5O2. The van der Waals surface area contributed by atoms with Crippen molar-refractivity contribution in [2.75, 3.05) is 13.1 Å². The van der Waals surface area contributed by atoms with Crippen LogP contribution in [0.1, 0.15) is 39.7 Å². The first-order valence-corrected chi connectivity index (χ1v) is 7.27. The van der Waals surface area contributed by atoms with Crippen molar-refractivity contribution in [3.05, 3.63) is 16.8 Å². The molecule has 1 aliphatic heterocycles. The maximum atomic E-state index is 12.2. The van der Waals surface area contributed by atoms with Crippen LogP contribution in [0.4, 0.5) is 0 Å². The van der Waals surface area contributed by atoms with E-state index in [1.165, 1.54) is 6.33 Å². The Hall–Kier alpha value is -1.89. The number of nitrogens with one attached hydrogen (secondary N) is 1. The number of hydrogen-bond acceptors (Lipinski definition) is 5. The average molecular weight is 291 g/mol. The fourth-order valence-electron chi connectivity index (χ4n) is 3.06. The molecule has 0 radical (unpaired) electrons. The van der Waals surface area contributed by atoms with E-state index in [1.54, 1.807) is 4.57 Å². The van der Waals surface area contributed by atoms with E-state index in [-0.39, 0.29) is 23.2 Å². The number of piperidine rings is 1. The monoisotopic (exact) mass is 291 g/mol. The van der Waals surface area contributed by atoms with E-state index in [2.05, 4.69) is 40.6 Å². The van der Waals surface area contributed by atoms with Gasteiger partial charge in [0.2, 0.25) is 5.88 Å². The number of imidazole rings is 1. The molecule has 114 valence electrons. The Labute approximate surface area is 122 Å². The molecule has 0 aliphatic carbocycles. The second kappa shape index (κ2) is 4.84. The maximum absolute atomic E-state index is 12.2. The molecule has 0 atom stereocenters. The molecule has 7 nitrogen and oxygen atoms in total. The molecule has 0 amide bonds. The van der Waals surface area contributed by atoms with Crippen LogP contribution in [0.15, 0.2) is 11.1 Å². The zero-order chi connectivity index (χ0) is 15.2. The van der Waals surface area contributed by atoms with Gasteiger partial charge in [0.05, 0.1) is 0 Å². The third-order valence-electron chi connectivity index (χ3n) is 4.26. The summed E-state index contributed by atoms with van der Waals surface area (Å²) in [6.07, 6.45) is 3.08. The third-order valence-corrected chi connectivity index (χ3v) is 4.26. The van der Waals surface area contributed by atoms with Crippen LogP contribution >= 0.6 is 0 Å². The maximum Gasteiger partial charge on any atom is 0.328 e. The first-order chi connectivity index (χ1) is 9.88. The van der Waals surface area contributed by atoms with Crippen LogP contribution in [-0.2, 0) is 0 Å². The number of fused-ring (bicyclic) bond motifs is 1. The summed E-state index contributed by atoms with van der Waals surface area (Å²) in [7, 11) is 0. The summed E-state index contributed by atoms with van der Waals surface area (Å²) in [6.45, 7) is 8.51. The quantitative estimate of drug-likeness (QED) is 0.826. The predicted molar refractivity (Wildman–Crippen MR) is 79.4 cm³/mol. The second-order valence-corrected chi connectivity index (χ2v) is 6.59. The summed E-state index contributed by atoms with van der Waals surface area (Å²) < 4.78 is 1.66.